The summed E-state index contributed by atoms with van der Waals surface area (Å²) >= 11 is 1.35. The van der Waals surface area contributed by atoms with Crippen LogP contribution in [-0.4, -0.2) is 31.1 Å². The van der Waals surface area contributed by atoms with E-state index in [2.05, 4.69) is 20.3 Å². The fourth-order valence-corrected chi connectivity index (χ4v) is 5.20. The van der Waals surface area contributed by atoms with Gasteiger partial charge in [0.25, 0.3) is 0 Å². The topological polar surface area (TPSA) is 108 Å². The van der Waals surface area contributed by atoms with Crippen molar-refractivity contribution in [3.8, 4) is 10.4 Å². The minimum absolute atomic E-state index is 0.0562. The number of rotatable bonds is 6. The van der Waals surface area contributed by atoms with E-state index in [1.54, 1.807) is 18.3 Å². The summed E-state index contributed by atoms with van der Waals surface area (Å²) in [4.78, 5) is 23.6. The van der Waals surface area contributed by atoms with Gasteiger partial charge in [0.05, 0.1) is 4.88 Å². The van der Waals surface area contributed by atoms with Gasteiger partial charge in [-0.05, 0) is 67.9 Å². The van der Waals surface area contributed by atoms with Gasteiger partial charge in [0.15, 0.2) is 0 Å². The van der Waals surface area contributed by atoms with Crippen LogP contribution in [-0.2, 0) is 16.6 Å². The highest BCUT2D eigenvalue weighted by Gasteiger charge is 2.38. The van der Waals surface area contributed by atoms with Crippen LogP contribution in [0.2, 0.25) is 0 Å². The number of anilines is 2. The number of aliphatic carboxylic acids is 1. The average molecular weight is 493 g/mol. The number of alkyl halides is 3. The van der Waals surface area contributed by atoms with Crippen molar-refractivity contribution in [2.75, 3.05) is 5.32 Å². The summed E-state index contributed by atoms with van der Waals surface area (Å²) in [7, 11) is 0. The zero-order chi connectivity index (χ0) is 24.5. The highest BCUT2D eigenvalue weighted by Crippen LogP contribution is 2.43. The lowest BCUT2D eigenvalue weighted by Gasteiger charge is -2.34. The Bertz CT molecular complexity index is 1190. The van der Waals surface area contributed by atoms with Gasteiger partial charge < -0.3 is 15.5 Å². The maximum atomic E-state index is 13.0. The molecule has 34 heavy (non-hydrogen) atoms. The van der Waals surface area contributed by atoms with E-state index in [-0.39, 0.29) is 18.3 Å². The lowest BCUT2D eigenvalue weighted by Crippen LogP contribution is -2.32. The molecule has 4 rings (SSSR count). The quantitative estimate of drug-likeness (QED) is 0.416. The second-order valence-corrected chi connectivity index (χ2v) is 9.61. The molecule has 3 aromatic rings. The Kier molecular flexibility index (Phi) is 6.59. The smallest absolute Gasteiger partial charge is 0.433 e. The zero-order valence-electron chi connectivity index (χ0n) is 18.3. The van der Waals surface area contributed by atoms with Crippen molar-refractivity contribution in [1.29, 1.82) is 0 Å². The lowest BCUT2D eigenvalue weighted by molar-refractivity contribution is -0.141. The number of thiazole rings is 1. The summed E-state index contributed by atoms with van der Waals surface area (Å²) in [6.07, 6.45) is 0.394. The molecule has 0 aliphatic heterocycles. The highest BCUT2D eigenvalue weighted by molar-refractivity contribution is 7.15. The predicted octanol–water partition coefficient (Wildman–Crippen LogP) is 5.52. The number of nitrogens with one attached hydrogen (secondary N) is 1. The molecule has 1 aromatic carbocycles. The van der Waals surface area contributed by atoms with E-state index < -0.39 is 23.4 Å². The summed E-state index contributed by atoms with van der Waals surface area (Å²) in [6, 6.07) is 6.27. The van der Waals surface area contributed by atoms with Crippen molar-refractivity contribution in [3.63, 3.8) is 0 Å². The van der Waals surface area contributed by atoms with Crippen molar-refractivity contribution < 1.29 is 28.2 Å². The second kappa shape index (κ2) is 9.30. The molecule has 1 fully saturated rings. The van der Waals surface area contributed by atoms with Crippen molar-refractivity contribution in [2.24, 2.45) is 5.92 Å². The summed E-state index contributed by atoms with van der Waals surface area (Å²) in [5.41, 5.74) is 0.0685. The fourth-order valence-electron chi connectivity index (χ4n) is 4.15. The van der Waals surface area contributed by atoms with Crippen LogP contribution in [0.3, 0.4) is 0 Å². The van der Waals surface area contributed by atoms with Gasteiger partial charge in [-0.25, -0.2) is 15.0 Å². The standard InChI is InChI=1S/C23H23F3N4O3S/c1-13-8-15(11-16(9-13)29-21-27-7-4-18(30-21)23(24,25)26)17-12-28-20(34-17)22(33)5-2-14(3-6-22)10-19(31)32/h4,7-9,11-12,14,33H,2-3,5-6,10H2,1H3,(H,31,32)(H,27,29,30)/t14-,22-. The molecule has 7 nitrogen and oxygen atoms in total. The Hall–Kier alpha value is -3.05. The molecule has 0 atom stereocenters. The van der Waals surface area contributed by atoms with E-state index >= 15 is 0 Å². The Balaban J connectivity index is 1.53. The number of carboxylic acids is 1. The number of hydrogen-bond donors (Lipinski definition) is 3. The predicted molar refractivity (Wildman–Crippen MR) is 121 cm³/mol. The number of aryl methyl sites for hydroxylation is 1. The van der Waals surface area contributed by atoms with E-state index in [0.29, 0.717) is 36.4 Å². The van der Waals surface area contributed by atoms with Crippen molar-refractivity contribution in [3.05, 3.63) is 52.9 Å². The third-order valence-electron chi connectivity index (χ3n) is 5.86. The molecule has 11 heteroatoms. The van der Waals surface area contributed by atoms with Gasteiger partial charge >= 0.3 is 12.1 Å². The molecule has 0 radical (unpaired) electrons. The van der Waals surface area contributed by atoms with Gasteiger partial charge in [-0.2, -0.15) is 13.2 Å². The summed E-state index contributed by atoms with van der Waals surface area (Å²) in [5.74, 6) is -0.934. The zero-order valence-corrected chi connectivity index (χ0v) is 19.1. The van der Waals surface area contributed by atoms with Gasteiger partial charge in [0, 0.05) is 24.5 Å². The van der Waals surface area contributed by atoms with Crippen LogP contribution in [0.15, 0.2) is 36.7 Å². The van der Waals surface area contributed by atoms with E-state index in [0.717, 1.165) is 28.3 Å². The van der Waals surface area contributed by atoms with Crippen LogP contribution in [0.1, 0.15) is 48.4 Å². The number of benzene rings is 1. The van der Waals surface area contributed by atoms with Crippen molar-refractivity contribution >= 4 is 28.9 Å². The first kappa shape index (κ1) is 24.1. The first-order chi connectivity index (χ1) is 16.0. The number of carboxylic acid groups (broad SMARTS) is 1. The Morgan fingerprint density at radius 1 is 1.24 bits per heavy atom. The van der Waals surface area contributed by atoms with Crippen LogP contribution in [0, 0.1) is 12.8 Å². The van der Waals surface area contributed by atoms with Gasteiger partial charge in [-0.3, -0.25) is 4.79 Å². The summed E-state index contributed by atoms with van der Waals surface area (Å²) in [5, 5.41) is 23.5. The summed E-state index contributed by atoms with van der Waals surface area (Å²) in [6.45, 7) is 1.86. The van der Waals surface area contributed by atoms with Crippen LogP contribution in [0.25, 0.3) is 10.4 Å². The van der Waals surface area contributed by atoms with Gasteiger partial charge in [-0.15, -0.1) is 11.3 Å². The molecule has 1 aliphatic rings. The molecule has 0 unspecified atom stereocenters. The average Bonchev–Trinajstić information content (AvgIpc) is 3.26. The SMILES string of the molecule is Cc1cc(Nc2nccc(C(F)(F)F)n2)cc(-c2cnc([C@]3(O)CC[C@H](CC(=O)O)CC3)s2)c1. The van der Waals surface area contributed by atoms with Crippen LogP contribution in [0.5, 0.6) is 0 Å². The molecular formula is C23H23F3N4O3S. The molecule has 3 N–H and O–H groups in total. The second-order valence-electron chi connectivity index (χ2n) is 8.58. The van der Waals surface area contributed by atoms with E-state index in [1.807, 2.05) is 13.0 Å². The maximum absolute atomic E-state index is 13.0. The number of hydrogen-bond acceptors (Lipinski definition) is 7. The molecule has 2 aromatic heterocycles. The molecular weight excluding hydrogens is 469 g/mol. The molecule has 0 bridgehead atoms. The van der Waals surface area contributed by atoms with Crippen molar-refractivity contribution in [1.82, 2.24) is 15.0 Å². The maximum Gasteiger partial charge on any atom is 0.433 e. The largest absolute Gasteiger partial charge is 0.481 e. The van der Waals surface area contributed by atoms with Gasteiger partial charge in [0.1, 0.15) is 16.3 Å². The molecule has 1 aliphatic carbocycles. The van der Waals surface area contributed by atoms with E-state index in [1.165, 1.54) is 11.3 Å². The van der Waals surface area contributed by atoms with E-state index in [9.17, 15) is 23.1 Å². The van der Waals surface area contributed by atoms with Gasteiger partial charge in [-0.1, -0.05) is 6.07 Å². The first-order valence-corrected chi connectivity index (χ1v) is 11.5. The Morgan fingerprint density at radius 2 is 1.97 bits per heavy atom. The molecule has 0 spiro atoms. The monoisotopic (exact) mass is 492 g/mol. The Labute approximate surface area is 197 Å². The minimum Gasteiger partial charge on any atom is -0.481 e. The number of carbonyl (C=O) groups is 1. The lowest BCUT2D eigenvalue weighted by atomic mass is 9.78. The number of aromatic nitrogens is 3. The molecule has 2 heterocycles. The first-order valence-electron chi connectivity index (χ1n) is 10.7. The van der Waals surface area contributed by atoms with Crippen LogP contribution >= 0.6 is 11.3 Å². The molecule has 1 saturated carbocycles. The number of aliphatic hydroxyl groups is 1. The molecule has 0 saturated heterocycles. The van der Waals surface area contributed by atoms with Crippen molar-refractivity contribution in [2.45, 2.75) is 50.8 Å². The normalized spacial score (nSPS) is 20.8. The molecule has 0 amide bonds. The third-order valence-corrected chi connectivity index (χ3v) is 7.10. The van der Waals surface area contributed by atoms with Crippen LogP contribution < -0.4 is 5.32 Å². The van der Waals surface area contributed by atoms with Gasteiger partial charge in [0.2, 0.25) is 5.95 Å². The van der Waals surface area contributed by atoms with E-state index in [4.69, 9.17) is 5.11 Å². The van der Waals surface area contributed by atoms with Crippen LogP contribution in [0.4, 0.5) is 24.8 Å². The number of halogens is 3. The fraction of sp³-hybridized carbons (Fsp3) is 0.391. The minimum atomic E-state index is -4.57. The highest BCUT2D eigenvalue weighted by atomic mass is 32.1. The molecule has 180 valence electrons. The Morgan fingerprint density at radius 3 is 2.65 bits per heavy atom. The third kappa shape index (κ3) is 5.53. The number of nitrogens with zero attached hydrogens (tertiary/aromatic N) is 3. The summed E-state index contributed by atoms with van der Waals surface area (Å²) < 4.78 is 38.9.